The minimum Gasteiger partial charge on any atom is -0.454 e. The first-order chi connectivity index (χ1) is 7.20. The molecule has 0 bridgehead atoms. The SMILES string of the molecule is CCC(=O)OCSSSCOC(=O)CC. The van der Waals surface area contributed by atoms with Gasteiger partial charge in [0.05, 0.1) is 0 Å². The van der Waals surface area contributed by atoms with Gasteiger partial charge in [-0.05, 0) is 31.4 Å². The Morgan fingerprint density at radius 1 is 0.933 bits per heavy atom. The highest BCUT2D eigenvalue weighted by atomic mass is 33.5. The number of ether oxygens (including phenoxy) is 2. The molecular weight excluding hydrogens is 256 g/mol. The van der Waals surface area contributed by atoms with E-state index in [0.717, 1.165) is 0 Å². The number of hydrogen-bond donors (Lipinski definition) is 0. The molecule has 0 radical (unpaired) electrons. The maximum Gasteiger partial charge on any atom is 0.306 e. The highest BCUT2D eigenvalue weighted by Gasteiger charge is 2.00. The Hall–Kier alpha value is -0.0100. The van der Waals surface area contributed by atoms with E-state index in [2.05, 4.69) is 0 Å². The van der Waals surface area contributed by atoms with Crippen molar-refractivity contribution < 1.29 is 19.1 Å². The molecule has 0 N–H and O–H groups in total. The summed E-state index contributed by atoms with van der Waals surface area (Å²) in [6, 6.07) is 0. The fraction of sp³-hybridized carbons (Fsp3) is 0.750. The van der Waals surface area contributed by atoms with Gasteiger partial charge in [-0.1, -0.05) is 13.8 Å². The maximum atomic E-state index is 10.7. The molecule has 0 heterocycles. The van der Waals surface area contributed by atoms with Gasteiger partial charge in [0.2, 0.25) is 0 Å². The summed E-state index contributed by atoms with van der Waals surface area (Å²) in [5, 5.41) is 0. The van der Waals surface area contributed by atoms with Crippen LogP contribution in [0.4, 0.5) is 0 Å². The van der Waals surface area contributed by atoms with Crippen LogP contribution in [0.5, 0.6) is 0 Å². The third-order valence-electron chi connectivity index (χ3n) is 1.21. The van der Waals surface area contributed by atoms with E-state index in [1.165, 1.54) is 31.4 Å². The lowest BCUT2D eigenvalue weighted by Gasteiger charge is -2.02. The molecule has 0 saturated heterocycles. The van der Waals surface area contributed by atoms with Crippen LogP contribution in [0.25, 0.3) is 0 Å². The van der Waals surface area contributed by atoms with E-state index in [1.807, 2.05) is 0 Å². The van der Waals surface area contributed by atoms with Gasteiger partial charge in [0.1, 0.15) is 11.9 Å². The Bertz CT molecular complexity index is 178. The molecule has 0 aromatic rings. The van der Waals surface area contributed by atoms with E-state index in [0.29, 0.717) is 24.7 Å². The Balaban J connectivity index is 3.11. The van der Waals surface area contributed by atoms with E-state index in [4.69, 9.17) is 9.47 Å². The Morgan fingerprint density at radius 2 is 1.33 bits per heavy atom. The van der Waals surface area contributed by atoms with Crippen molar-refractivity contribution in [1.29, 1.82) is 0 Å². The number of rotatable bonds is 8. The molecule has 0 aliphatic carbocycles. The summed E-state index contributed by atoms with van der Waals surface area (Å²) in [4.78, 5) is 21.4. The zero-order valence-electron chi connectivity index (χ0n) is 8.69. The van der Waals surface area contributed by atoms with Crippen molar-refractivity contribution in [2.75, 3.05) is 11.9 Å². The molecule has 0 aromatic heterocycles. The molecule has 0 atom stereocenters. The molecule has 0 fully saturated rings. The normalized spacial score (nSPS) is 9.73. The molecule has 0 aliphatic heterocycles. The quantitative estimate of drug-likeness (QED) is 0.291. The third kappa shape index (κ3) is 10.3. The lowest BCUT2D eigenvalue weighted by atomic mass is 10.5. The Kier molecular flexibility index (Phi) is 10.5. The van der Waals surface area contributed by atoms with Gasteiger partial charge < -0.3 is 9.47 Å². The Morgan fingerprint density at radius 3 is 1.67 bits per heavy atom. The van der Waals surface area contributed by atoms with Crippen LogP contribution in [0.15, 0.2) is 0 Å². The van der Waals surface area contributed by atoms with Crippen LogP contribution in [0.3, 0.4) is 0 Å². The number of carbonyl (C=O) groups excluding carboxylic acids is 2. The van der Waals surface area contributed by atoms with Crippen molar-refractivity contribution in [2.24, 2.45) is 0 Å². The summed E-state index contributed by atoms with van der Waals surface area (Å²) in [7, 11) is 4.24. The maximum absolute atomic E-state index is 10.7. The number of hydrogen-bond acceptors (Lipinski definition) is 7. The molecule has 88 valence electrons. The zero-order valence-corrected chi connectivity index (χ0v) is 11.1. The molecule has 0 amide bonds. The monoisotopic (exact) mass is 270 g/mol. The van der Waals surface area contributed by atoms with Crippen molar-refractivity contribution in [3.8, 4) is 0 Å². The number of esters is 2. The van der Waals surface area contributed by atoms with E-state index in [-0.39, 0.29) is 11.9 Å². The molecular formula is C8H14O4S3. The van der Waals surface area contributed by atoms with Crippen molar-refractivity contribution >= 4 is 43.4 Å². The van der Waals surface area contributed by atoms with Gasteiger partial charge >= 0.3 is 11.9 Å². The van der Waals surface area contributed by atoms with Gasteiger partial charge in [-0.15, -0.1) is 0 Å². The van der Waals surface area contributed by atoms with Crippen molar-refractivity contribution in [3.63, 3.8) is 0 Å². The fourth-order valence-electron chi connectivity index (χ4n) is 0.457. The predicted octanol–water partition coefficient (Wildman–Crippen LogP) is 2.84. The highest BCUT2D eigenvalue weighted by molar-refractivity contribution is 9.09. The van der Waals surface area contributed by atoms with Gasteiger partial charge in [-0.3, -0.25) is 9.59 Å². The van der Waals surface area contributed by atoms with E-state index in [9.17, 15) is 9.59 Å². The van der Waals surface area contributed by atoms with Crippen LogP contribution >= 0.6 is 31.4 Å². The second kappa shape index (κ2) is 10.5. The van der Waals surface area contributed by atoms with Crippen molar-refractivity contribution in [1.82, 2.24) is 0 Å². The van der Waals surface area contributed by atoms with E-state index < -0.39 is 0 Å². The van der Waals surface area contributed by atoms with E-state index >= 15 is 0 Å². The minimum absolute atomic E-state index is 0.203. The molecule has 0 unspecified atom stereocenters. The lowest BCUT2D eigenvalue weighted by Crippen LogP contribution is -2.01. The fourth-order valence-corrected chi connectivity index (χ4v) is 3.01. The van der Waals surface area contributed by atoms with Crippen LogP contribution in [0.2, 0.25) is 0 Å². The van der Waals surface area contributed by atoms with Crippen molar-refractivity contribution in [2.45, 2.75) is 26.7 Å². The largest absolute Gasteiger partial charge is 0.454 e. The molecule has 0 spiro atoms. The summed E-state index contributed by atoms with van der Waals surface area (Å²) in [6.45, 7) is 3.50. The van der Waals surface area contributed by atoms with E-state index in [1.54, 1.807) is 13.8 Å². The van der Waals surface area contributed by atoms with Gasteiger partial charge in [0, 0.05) is 12.8 Å². The van der Waals surface area contributed by atoms with Crippen LogP contribution < -0.4 is 0 Å². The van der Waals surface area contributed by atoms with Gasteiger partial charge in [0.15, 0.2) is 0 Å². The smallest absolute Gasteiger partial charge is 0.306 e. The second-order valence-electron chi connectivity index (χ2n) is 2.28. The molecule has 0 rings (SSSR count). The molecule has 0 aromatic carbocycles. The minimum atomic E-state index is -0.203. The first-order valence-electron chi connectivity index (χ1n) is 4.43. The molecule has 0 aliphatic rings. The molecule has 7 heteroatoms. The molecule has 15 heavy (non-hydrogen) atoms. The zero-order chi connectivity index (χ0) is 11.5. The Labute approximate surface area is 101 Å². The summed E-state index contributed by atoms with van der Waals surface area (Å²) in [5.41, 5.74) is 0. The summed E-state index contributed by atoms with van der Waals surface area (Å²) in [6.07, 6.45) is 0.791. The highest BCUT2D eigenvalue weighted by Crippen LogP contribution is 2.34. The molecule has 4 nitrogen and oxygen atoms in total. The lowest BCUT2D eigenvalue weighted by molar-refractivity contribution is -0.141. The van der Waals surface area contributed by atoms with Gasteiger partial charge in [-0.25, -0.2) is 0 Å². The van der Waals surface area contributed by atoms with Crippen LogP contribution in [0.1, 0.15) is 26.7 Å². The third-order valence-corrected chi connectivity index (χ3v) is 4.72. The van der Waals surface area contributed by atoms with Crippen LogP contribution in [-0.2, 0) is 19.1 Å². The van der Waals surface area contributed by atoms with Crippen LogP contribution in [0, 0.1) is 0 Å². The summed E-state index contributed by atoms with van der Waals surface area (Å²) >= 11 is 0. The predicted molar refractivity (Wildman–Crippen MR) is 65.3 cm³/mol. The summed E-state index contributed by atoms with van der Waals surface area (Å²) < 4.78 is 9.64. The standard InChI is InChI=1S/C8H14O4S3/c1-3-7(9)11-5-13-15-14-6-12-8(10)4-2/h3-6H2,1-2H3. The van der Waals surface area contributed by atoms with Crippen LogP contribution in [-0.4, -0.2) is 23.8 Å². The first kappa shape index (κ1) is 15.0. The topological polar surface area (TPSA) is 52.6 Å². The summed E-state index contributed by atoms with van der Waals surface area (Å²) in [5.74, 6) is 0.244. The number of carbonyl (C=O) groups is 2. The molecule has 0 saturated carbocycles. The van der Waals surface area contributed by atoms with Gasteiger partial charge in [0.25, 0.3) is 0 Å². The van der Waals surface area contributed by atoms with Gasteiger partial charge in [-0.2, -0.15) is 0 Å². The second-order valence-corrected chi connectivity index (χ2v) is 6.41. The average molecular weight is 270 g/mol. The first-order valence-corrected chi connectivity index (χ1v) is 8.25. The average Bonchev–Trinajstić information content (AvgIpc) is 2.26. The van der Waals surface area contributed by atoms with Crippen molar-refractivity contribution in [3.05, 3.63) is 0 Å².